The van der Waals surface area contributed by atoms with Crippen molar-refractivity contribution in [2.75, 3.05) is 13.6 Å². The molecule has 0 aliphatic carbocycles. The van der Waals surface area contributed by atoms with Crippen LogP contribution >= 0.6 is 24.0 Å². The Kier molecular flexibility index (Phi) is 8.98. The topological polar surface area (TPSA) is 58.8 Å². The van der Waals surface area contributed by atoms with Gasteiger partial charge >= 0.3 is 0 Å². The number of nitrogens with one attached hydrogen (secondary N) is 2. The molecule has 0 aliphatic heterocycles. The molecular weight excluding hydrogens is 441 g/mol. The predicted molar refractivity (Wildman–Crippen MR) is 118 cm³/mol. The SMILES string of the molecule is CN=C(NCCc1ccco1)NCc1ccc(C)cc1OC(C)(C)C.I. The van der Waals surface area contributed by atoms with Crippen LogP contribution < -0.4 is 15.4 Å². The van der Waals surface area contributed by atoms with Crippen LogP contribution in [0.5, 0.6) is 5.75 Å². The fraction of sp³-hybridized carbons (Fsp3) is 0.450. The smallest absolute Gasteiger partial charge is 0.191 e. The quantitative estimate of drug-likeness (QED) is 0.375. The minimum atomic E-state index is -0.231. The third-order valence-corrected chi connectivity index (χ3v) is 3.55. The Morgan fingerprint density at radius 3 is 2.58 bits per heavy atom. The van der Waals surface area contributed by atoms with Gasteiger partial charge in [-0.2, -0.15) is 0 Å². The first-order valence-corrected chi connectivity index (χ1v) is 8.63. The number of ether oxygens (including phenoxy) is 1. The Bertz CT molecular complexity index is 692. The molecule has 0 atom stereocenters. The largest absolute Gasteiger partial charge is 0.488 e. The molecule has 0 bridgehead atoms. The summed E-state index contributed by atoms with van der Waals surface area (Å²) in [6, 6.07) is 10.1. The number of hydrogen-bond donors (Lipinski definition) is 2. The average molecular weight is 471 g/mol. The fourth-order valence-electron chi connectivity index (χ4n) is 2.39. The maximum Gasteiger partial charge on any atom is 0.191 e. The third-order valence-electron chi connectivity index (χ3n) is 3.55. The van der Waals surface area contributed by atoms with Crippen LogP contribution in [-0.2, 0) is 13.0 Å². The maximum absolute atomic E-state index is 6.10. The molecule has 0 unspecified atom stereocenters. The lowest BCUT2D eigenvalue weighted by molar-refractivity contribution is 0.129. The van der Waals surface area contributed by atoms with Gasteiger partial charge in [-0.25, -0.2) is 0 Å². The molecule has 0 amide bonds. The standard InChI is InChI=1S/C20H29N3O2.HI/c1-15-8-9-16(18(13-15)25-20(2,3)4)14-23-19(21-5)22-11-10-17-7-6-12-24-17;/h6-9,12-13H,10-11,14H2,1-5H3,(H2,21,22,23);1H. The Labute approximate surface area is 173 Å². The van der Waals surface area contributed by atoms with Crippen molar-refractivity contribution in [3.63, 3.8) is 0 Å². The second-order valence-corrected chi connectivity index (χ2v) is 7.01. The van der Waals surface area contributed by atoms with E-state index in [4.69, 9.17) is 9.15 Å². The average Bonchev–Trinajstić information content (AvgIpc) is 3.04. The minimum Gasteiger partial charge on any atom is -0.488 e. The van der Waals surface area contributed by atoms with Crippen LogP contribution in [0.15, 0.2) is 46.0 Å². The Balaban J connectivity index is 0.00000338. The van der Waals surface area contributed by atoms with Crippen molar-refractivity contribution in [3.05, 3.63) is 53.5 Å². The molecule has 0 aliphatic rings. The molecule has 0 saturated carbocycles. The fourth-order valence-corrected chi connectivity index (χ4v) is 2.39. The van der Waals surface area contributed by atoms with Gasteiger partial charge in [0.2, 0.25) is 0 Å². The molecule has 5 nitrogen and oxygen atoms in total. The molecule has 0 saturated heterocycles. The number of furan rings is 1. The summed E-state index contributed by atoms with van der Waals surface area (Å²) in [6.07, 6.45) is 2.51. The molecule has 0 spiro atoms. The molecule has 1 aromatic carbocycles. The van der Waals surface area contributed by atoms with E-state index in [0.29, 0.717) is 6.54 Å². The van der Waals surface area contributed by atoms with Crippen molar-refractivity contribution in [2.45, 2.75) is 46.3 Å². The van der Waals surface area contributed by atoms with E-state index in [-0.39, 0.29) is 29.6 Å². The van der Waals surface area contributed by atoms with E-state index in [9.17, 15) is 0 Å². The van der Waals surface area contributed by atoms with Crippen LogP contribution in [0.25, 0.3) is 0 Å². The highest BCUT2D eigenvalue weighted by molar-refractivity contribution is 14.0. The van der Waals surface area contributed by atoms with Gasteiger partial charge in [0.25, 0.3) is 0 Å². The van der Waals surface area contributed by atoms with E-state index in [1.807, 2.05) is 12.1 Å². The van der Waals surface area contributed by atoms with E-state index in [2.05, 4.69) is 61.5 Å². The van der Waals surface area contributed by atoms with Crippen LogP contribution in [0, 0.1) is 6.92 Å². The molecule has 1 aromatic heterocycles. The molecule has 2 aromatic rings. The summed E-state index contributed by atoms with van der Waals surface area (Å²) in [4.78, 5) is 4.27. The Morgan fingerprint density at radius 2 is 1.96 bits per heavy atom. The monoisotopic (exact) mass is 471 g/mol. The van der Waals surface area contributed by atoms with Gasteiger partial charge in [-0.1, -0.05) is 12.1 Å². The van der Waals surface area contributed by atoms with Gasteiger partial charge in [0, 0.05) is 32.1 Å². The number of benzene rings is 1. The zero-order chi connectivity index (χ0) is 18.3. The zero-order valence-electron chi connectivity index (χ0n) is 16.3. The molecule has 26 heavy (non-hydrogen) atoms. The highest BCUT2D eigenvalue weighted by Crippen LogP contribution is 2.24. The summed E-state index contributed by atoms with van der Waals surface area (Å²) in [6.45, 7) is 9.64. The second-order valence-electron chi connectivity index (χ2n) is 7.01. The summed E-state index contributed by atoms with van der Waals surface area (Å²) in [5.41, 5.74) is 2.06. The molecule has 2 rings (SSSR count). The number of aryl methyl sites for hydroxylation is 1. The molecular formula is C20H30IN3O2. The van der Waals surface area contributed by atoms with Gasteiger partial charge in [0.1, 0.15) is 17.1 Å². The van der Waals surface area contributed by atoms with E-state index in [1.54, 1.807) is 13.3 Å². The summed E-state index contributed by atoms with van der Waals surface area (Å²) < 4.78 is 11.4. The zero-order valence-corrected chi connectivity index (χ0v) is 18.6. The van der Waals surface area contributed by atoms with Gasteiger partial charge in [0.15, 0.2) is 5.96 Å². The van der Waals surface area contributed by atoms with Crippen LogP contribution in [0.3, 0.4) is 0 Å². The van der Waals surface area contributed by atoms with Crippen molar-refractivity contribution in [2.24, 2.45) is 4.99 Å². The van der Waals surface area contributed by atoms with Crippen molar-refractivity contribution in [1.29, 1.82) is 0 Å². The summed E-state index contributed by atoms with van der Waals surface area (Å²) in [5, 5.41) is 6.63. The Hall–Kier alpha value is -1.70. The normalized spacial score (nSPS) is 11.7. The summed E-state index contributed by atoms with van der Waals surface area (Å²) in [7, 11) is 1.77. The first-order chi connectivity index (χ1) is 11.9. The van der Waals surface area contributed by atoms with Gasteiger partial charge in [0.05, 0.1) is 6.26 Å². The van der Waals surface area contributed by atoms with Gasteiger partial charge in [-0.15, -0.1) is 24.0 Å². The van der Waals surface area contributed by atoms with Gasteiger partial charge in [-0.3, -0.25) is 4.99 Å². The van der Waals surface area contributed by atoms with Crippen LogP contribution in [0.1, 0.15) is 37.7 Å². The number of hydrogen-bond acceptors (Lipinski definition) is 3. The van der Waals surface area contributed by atoms with E-state index in [1.165, 1.54) is 5.56 Å². The van der Waals surface area contributed by atoms with Crippen molar-refractivity contribution < 1.29 is 9.15 Å². The van der Waals surface area contributed by atoms with Crippen molar-refractivity contribution >= 4 is 29.9 Å². The molecule has 144 valence electrons. The molecule has 2 N–H and O–H groups in total. The van der Waals surface area contributed by atoms with Gasteiger partial charge < -0.3 is 19.8 Å². The van der Waals surface area contributed by atoms with E-state index >= 15 is 0 Å². The number of rotatable bonds is 6. The first-order valence-electron chi connectivity index (χ1n) is 8.63. The number of guanidine groups is 1. The number of aliphatic imine (C=N–C) groups is 1. The number of nitrogens with zero attached hydrogens (tertiary/aromatic N) is 1. The minimum absolute atomic E-state index is 0. The second kappa shape index (κ2) is 10.4. The molecule has 0 radical (unpaired) electrons. The Morgan fingerprint density at radius 1 is 1.19 bits per heavy atom. The molecule has 6 heteroatoms. The van der Waals surface area contributed by atoms with Crippen molar-refractivity contribution in [1.82, 2.24) is 10.6 Å². The maximum atomic E-state index is 6.10. The van der Waals surface area contributed by atoms with Crippen LogP contribution in [0.4, 0.5) is 0 Å². The van der Waals surface area contributed by atoms with E-state index in [0.717, 1.165) is 36.0 Å². The third kappa shape index (κ3) is 7.68. The van der Waals surface area contributed by atoms with Gasteiger partial charge in [-0.05, 0) is 51.5 Å². The first kappa shape index (κ1) is 22.3. The lowest BCUT2D eigenvalue weighted by Gasteiger charge is -2.24. The summed E-state index contributed by atoms with van der Waals surface area (Å²) in [5.74, 6) is 2.63. The van der Waals surface area contributed by atoms with Crippen LogP contribution in [0.2, 0.25) is 0 Å². The predicted octanol–water partition coefficient (Wildman–Crippen LogP) is 4.29. The highest BCUT2D eigenvalue weighted by Gasteiger charge is 2.15. The lowest BCUT2D eigenvalue weighted by Crippen LogP contribution is -2.38. The molecule has 1 heterocycles. The number of halogens is 1. The lowest BCUT2D eigenvalue weighted by atomic mass is 10.1. The highest BCUT2D eigenvalue weighted by atomic mass is 127. The van der Waals surface area contributed by atoms with Crippen molar-refractivity contribution in [3.8, 4) is 5.75 Å². The molecule has 0 fully saturated rings. The van der Waals surface area contributed by atoms with Crippen LogP contribution in [-0.4, -0.2) is 25.2 Å². The summed E-state index contributed by atoms with van der Waals surface area (Å²) >= 11 is 0. The van der Waals surface area contributed by atoms with E-state index < -0.39 is 0 Å².